The fourth-order valence-corrected chi connectivity index (χ4v) is 7.66. The molecule has 0 amide bonds. The Bertz CT molecular complexity index is 984. The van der Waals surface area contributed by atoms with E-state index in [0.717, 1.165) is 0 Å². The zero-order chi connectivity index (χ0) is 23.9. The van der Waals surface area contributed by atoms with E-state index in [9.17, 15) is 34.2 Å². The molecule has 4 aliphatic rings. The number of carbonyl (C=O) groups excluding carboxylic acids is 2. The molecule has 34 heavy (non-hydrogen) atoms. The second kappa shape index (κ2) is 9.83. The summed E-state index contributed by atoms with van der Waals surface area (Å²) < 4.78 is 32.0. The van der Waals surface area contributed by atoms with Crippen LogP contribution in [0.1, 0.15) is 46.5 Å². The number of hydrogen-bond acceptors (Lipinski definition) is 8. The molecule has 2 N–H and O–H groups in total. The number of Topliss-reactive ketones (excluding diaryl/α,β-unsaturated/α-hetero) is 1. The van der Waals surface area contributed by atoms with Crippen LogP contribution in [0.5, 0.6) is 0 Å². The van der Waals surface area contributed by atoms with Crippen molar-refractivity contribution in [3.05, 3.63) is 23.8 Å². The Labute approximate surface area is 242 Å². The number of phosphoric acid groups is 1. The minimum Gasteiger partial charge on any atom is -0.790 e. The van der Waals surface area contributed by atoms with Crippen LogP contribution in [-0.4, -0.2) is 45.8 Å². The number of halogens is 1. The molecule has 178 valence electrons. The normalized spacial score (nSPS) is 45.2. The van der Waals surface area contributed by atoms with Gasteiger partial charge < -0.3 is 29.1 Å². The maximum absolute atomic E-state index is 17.0. The van der Waals surface area contributed by atoms with Gasteiger partial charge in [-0.2, -0.15) is 0 Å². The van der Waals surface area contributed by atoms with Crippen LogP contribution >= 0.6 is 7.82 Å². The van der Waals surface area contributed by atoms with Crippen LogP contribution in [0.15, 0.2) is 23.8 Å². The molecule has 4 aliphatic carbocycles. The van der Waals surface area contributed by atoms with Crippen LogP contribution in [0, 0.1) is 28.6 Å². The van der Waals surface area contributed by atoms with Crippen molar-refractivity contribution in [3.63, 3.8) is 0 Å². The largest absolute Gasteiger partial charge is 1.00 e. The maximum Gasteiger partial charge on any atom is 1.00 e. The minimum atomic E-state index is -5.43. The molecule has 3 saturated carbocycles. The van der Waals surface area contributed by atoms with Gasteiger partial charge in [0.05, 0.1) is 13.9 Å². The van der Waals surface area contributed by atoms with Crippen LogP contribution in [0.4, 0.5) is 4.39 Å². The first-order valence-electron chi connectivity index (χ1n) is 10.8. The minimum absolute atomic E-state index is 0. The molecule has 12 heteroatoms. The van der Waals surface area contributed by atoms with Crippen molar-refractivity contribution >= 4 is 19.4 Å². The number of rotatable bonds is 4. The van der Waals surface area contributed by atoms with Crippen LogP contribution in [0.2, 0.25) is 0 Å². The molecule has 0 aromatic carbocycles. The van der Waals surface area contributed by atoms with Crippen molar-refractivity contribution in [3.8, 4) is 0 Å². The van der Waals surface area contributed by atoms with Crippen LogP contribution < -0.4 is 68.9 Å². The van der Waals surface area contributed by atoms with E-state index in [0.29, 0.717) is 18.4 Å². The second-order valence-corrected chi connectivity index (χ2v) is 11.5. The summed E-state index contributed by atoms with van der Waals surface area (Å²) in [4.78, 5) is 46.6. The first-order chi connectivity index (χ1) is 14.6. The number of carbonyl (C=O) groups is 2. The van der Waals surface area contributed by atoms with Crippen molar-refractivity contribution in [1.29, 1.82) is 0 Å². The Morgan fingerprint density at radius 1 is 1.29 bits per heavy atom. The van der Waals surface area contributed by atoms with Crippen molar-refractivity contribution < 1.29 is 102 Å². The average Bonchev–Trinajstić information content (AvgIpc) is 2.89. The molecule has 8 nitrogen and oxygen atoms in total. The van der Waals surface area contributed by atoms with Gasteiger partial charge in [0, 0.05) is 16.7 Å². The summed E-state index contributed by atoms with van der Waals surface area (Å²) in [6.45, 7) is 3.80. The topological polar surface area (TPSA) is 147 Å². The Morgan fingerprint density at radius 3 is 2.50 bits per heavy atom. The number of aliphatic hydroxyl groups is 2. The predicted octanol–water partition coefficient (Wildman–Crippen LogP) is -5.24. The second-order valence-electron chi connectivity index (χ2n) is 10.3. The van der Waals surface area contributed by atoms with Gasteiger partial charge >= 0.3 is 59.1 Å². The summed E-state index contributed by atoms with van der Waals surface area (Å²) in [6, 6.07) is 0. The van der Waals surface area contributed by atoms with Gasteiger partial charge in [-0.05, 0) is 56.6 Å². The van der Waals surface area contributed by atoms with Gasteiger partial charge in [-0.15, -0.1) is 0 Å². The molecule has 0 aromatic rings. The van der Waals surface area contributed by atoms with Gasteiger partial charge in [-0.3, -0.25) is 9.59 Å². The van der Waals surface area contributed by atoms with Gasteiger partial charge in [0.2, 0.25) is 0 Å². The van der Waals surface area contributed by atoms with Crippen molar-refractivity contribution in [2.24, 2.45) is 28.6 Å². The first-order valence-corrected chi connectivity index (χ1v) is 12.3. The van der Waals surface area contributed by atoms with E-state index in [2.05, 4.69) is 4.52 Å². The van der Waals surface area contributed by atoms with Gasteiger partial charge in [0.1, 0.15) is 12.2 Å². The first kappa shape index (κ1) is 31.0. The monoisotopic (exact) mass is 516 g/mol. The Hall–Kier alpha value is 0.780. The molecule has 0 aliphatic heterocycles. The van der Waals surface area contributed by atoms with E-state index in [1.165, 1.54) is 18.2 Å². The summed E-state index contributed by atoms with van der Waals surface area (Å²) in [5.74, 6) is -3.06. The molecule has 0 heterocycles. The number of hydrogen-bond donors (Lipinski definition) is 2. The van der Waals surface area contributed by atoms with Crippen molar-refractivity contribution in [2.75, 3.05) is 6.61 Å². The molecule has 8 atom stereocenters. The summed E-state index contributed by atoms with van der Waals surface area (Å²) in [7, 11) is -5.43. The van der Waals surface area contributed by atoms with Crippen molar-refractivity contribution in [2.45, 2.75) is 63.8 Å². The molecule has 3 unspecified atom stereocenters. The summed E-state index contributed by atoms with van der Waals surface area (Å²) in [5.41, 5.74) is -6.03. The number of ketones is 2. The standard InChI is InChI=1S/C22H30FO8P.2Na/c1-12-8-16-15-5-4-13-9-14(24)6-7-19(13,2)21(15,23)17(25)10-20(16,3)22(12,27)18(26)11-31-32(28,29)30;;/h6-7,9,12,15-17,25,27H,4-5,8,10-11H2,1-3H3,(H2,28,29,30);;/q;2*+1/p-2/t12-,15?,16?,17?,19-,20-,21-,22-;;/m1../s1. The molecule has 3 fully saturated rings. The molecule has 0 radical (unpaired) electrons. The number of allylic oxidation sites excluding steroid dienone is 4. The molecular formula is C22H28FNa2O8P. The summed E-state index contributed by atoms with van der Waals surface area (Å²) >= 11 is 0. The molecule has 0 spiro atoms. The summed E-state index contributed by atoms with van der Waals surface area (Å²) in [5, 5.41) is 22.8. The van der Waals surface area contributed by atoms with Crippen molar-refractivity contribution in [1.82, 2.24) is 0 Å². The quantitative estimate of drug-likeness (QED) is 0.279. The SMILES string of the molecule is C[C@@H]1CC2C3CCC4=CC(=O)C=C[C@@]4(C)[C@]3(F)C(O)C[C@@]2(C)[C@]1(O)C(=O)COP(=O)([O-])[O-].[Na+].[Na+]. The Kier molecular flexibility index (Phi) is 8.96. The zero-order valence-electron chi connectivity index (χ0n) is 20.2. The molecule has 0 aromatic heterocycles. The summed E-state index contributed by atoms with van der Waals surface area (Å²) in [6.07, 6.45) is 3.54. The number of phosphoric ester groups is 1. The van der Waals surface area contributed by atoms with Gasteiger partial charge in [0.25, 0.3) is 0 Å². The smallest absolute Gasteiger partial charge is 0.790 e. The van der Waals surface area contributed by atoms with E-state index < -0.39 is 66.2 Å². The molecule has 0 bridgehead atoms. The fraction of sp³-hybridized carbons (Fsp3) is 0.727. The number of alkyl halides is 1. The van der Waals surface area contributed by atoms with Crippen LogP contribution in [-0.2, 0) is 18.7 Å². The third-order valence-electron chi connectivity index (χ3n) is 9.00. The van der Waals surface area contributed by atoms with Gasteiger partial charge in [-0.25, -0.2) is 4.39 Å². The number of aliphatic hydroxyl groups excluding tert-OH is 1. The zero-order valence-corrected chi connectivity index (χ0v) is 25.1. The third-order valence-corrected chi connectivity index (χ3v) is 9.45. The number of fused-ring (bicyclic) bond motifs is 5. The molecular weight excluding hydrogens is 488 g/mol. The van der Waals surface area contributed by atoms with E-state index in [1.54, 1.807) is 20.8 Å². The van der Waals surface area contributed by atoms with Gasteiger partial charge in [-0.1, -0.05) is 25.5 Å². The Balaban J connectivity index is 0.00000204. The van der Waals surface area contributed by atoms with Crippen LogP contribution in [0.3, 0.4) is 0 Å². The van der Waals surface area contributed by atoms with Crippen LogP contribution in [0.25, 0.3) is 0 Å². The van der Waals surface area contributed by atoms with E-state index in [1.807, 2.05) is 0 Å². The molecule has 4 rings (SSSR count). The van der Waals surface area contributed by atoms with Gasteiger partial charge in [0.15, 0.2) is 17.2 Å². The predicted molar refractivity (Wildman–Crippen MR) is 106 cm³/mol. The Morgan fingerprint density at radius 2 is 1.91 bits per heavy atom. The third kappa shape index (κ3) is 4.20. The molecule has 0 saturated heterocycles. The van der Waals surface area contributed by atoms with E-state index in [-0.39, 0.29) is 77.7 Å². The fourth-order valence-electron chi connectivity index (χ4n) is 7.39. The van der Waals surface area contributed by atoms with E-state index >= 15 is 4.39 Å². The average molecular weight is 516 g/mol. The van der Waals surface area contributed by atoms with E-state index in [4.69, 9.17) is 0 Å². The maximum atomic E-state index is 17.0.